The van der Waals surface area contributed by atoms with Crippen LogP contribution >= 0.6 is 23.4 Å². The van der Waals surface area contributed by atoms with E-state index >= 15 is 0 Å². The molecule has 0 spiro atoms. The van der Waals surface area contributed by atoms with E-state index in [0.29, 0.717) is 35.0 Å². The minimum Gasteiger partial charge on any atom is -0.349 e. The lowest BCUT2D eigenvalue weighted by Crippen LogP contribution is -2.25. The molecule has 0 aliphatic heterocycles. The van der Waals surface area contributed by atoms with Crippen molar-refractivity contribution >= 4 is 40.9 Å². The molecule has 0 aromatic heterocycles. The highest BCUT2D eigenvalue weighted by Gasteiger charge is 2.12. The second-order valence-corrected chi connectivity index (χ2v) is 6.75. The van der Waals surface area contributed by atoms with Crippen molar-refractivity contribution in [2.45, 2.75) is 11.3 Å². The van der Waals surface area contributed by atoms with Crippen LogP contribution in [0.1, 0.15) is 16.8 Å². The molecule has 0 aliphatic rings. The fourth-order valence-electron chi connectivity index (χ4n) is 2.06. The molecule has 2 aromatic rings. The monoisotopic (exact) mass is 374 g/mol. The first-order valence-electron chi connectivity index (χ1n) is 7.76. The van der Waals surface area contributed by atoms with Gasteiger partial charge in [-0.15, -0.1) is 18.3 Å². The largest absolute Gasteiger partial charge is 0.349 e. The predicted molar refractivity (Wildman–Crippen MR) is 104 cm³/mol. The summed E-state index contributed by atoms with van der Waals surface area (Å²) in [5.41, 5.74) is 0.939. The van der Waals surface area contributed by atoms with Crippen molar-refractivity contribution in [3.8, 4) is 0 Å². The van der Waals surface area contributed by atoms with Crippen molar-refractivity contribution in [2.75, 3.05) is 17.6 Å². The smallest absolute Gasteiger partial charge is 0.253 e. The first kappa shape index (κ1) is 19.1. The number of nitrogens with one attached hydrogen (secondary N) is 2. The minimum atomic E-state index is -0.244. The van der Waals surface area contributed by atoms with Crippen LogP contribution in [-0.2, 0) is 4.79 Å². The molecule has 0 heterocycles. The summed E-state index contributed by atoms with van der Waals surface area (Å²) in [6.07, 6.45) is 1.95. The molecule has 130 valence electrons. The van der Waals surface area contributed by atoms with Gasteiger partial charge in [-0.2, -0.15) is 0 Å². The number of rotatable bonds is 8. The highest BCUT2D eigenvalue weighted by molar-refractivity contribution is 7.99. The highest BCUT2D eigenvalue weighted by Crippen LogP contribution is 2.21. The van der Waals surface area contributed by atoms with Gasteiger partial charge in [0.2, 0.25) is 5.91 Å². The molecule has 25 heavy (non-hydrogen) atoms. The Kier molecular flexibility index (Phi) is 7.57. The fourth-order valence-corrected chi connectivity index (χ4v) is 3.03. The van der Waals surface area contributed by atoms with Crippen molar-refractivity contribution in [1.29, 1.82) is 0 Å². The maximum atomic E-state index is 12.2. The van der Waals surface area contributed by atoms with E-state index in [0.717, 1.165) is 4.90 Å². The molecule has 6 heteroatoms. The number of anilines is 1. The summed E-state index contributed by atoms with van der Waals surface area (Å²) in [6, 6.07) is 14.4. The second-order valence-electron chi connectivity index (χ2n) is 5.14. The Morgan fingerprint density at radius 1 is 1.12 bits per heavy atom. The van der Waals surface area contributed by atoms with Gasteiger partial charge in [-0.3, -0.25) is 9.59 Å². The van der Waals surface area contributed by atoms with Gasteiger partial charge in [0, 0.05) is 28.6 Å². The van der Waals surface area contributed by atoms with E-state index in [-0.39, 0.29) is 11.8 Å². The SMILES string of the molecule is C=CCNC(=O)c1ccccc1NC(=O)CCSc1ccc(Cl)cc1. The highest BCUT2D eigenvalue weighted by atomic mass is 35.5. The van der Waals surface area contributed by atoms with Crippen molar-refractivity contribution in [1.82, 2.24) is 5.32 Å². The zero-order valence-electron chi connectivity index (χ0n) is 13.6. The van der Waals surface area contributed by atoms with Crippen LogP contribution in [0.4, 0.5) is 5.69 Å². The van der Waals surface area contributed by atoms with Gasteiger partial charge in [0.1, 0.15) is 0 Å². The Balaban J connectivity index is 1.88. The van der Waals surface area contributed by atoms with E-state index in [4.69, 9.17) is 11.6 Å². The van der Waals surface area contributed by atoms with Gasteiger partial charge >= 0.3 is 0 Å². The van der Waals surface area contributed by atoms with Crippen LogP contribution < -0.4 is 10.6 Å². The molecule has 2 N–H and O–H groups in total. The van der Waals surface area contributed by atoms with Crippen molar-refractivity contribution in [2.24, 2.45) is 0 Å². The second kappa shape index (κ2) is 9.91. The van der Waals surface area contributed by atoms with Crippen molar-refractivity contribution in [3.05, 3.63) is 71.8 Å². The van der Waals surface area contributed by atoms with Gasteiger partial charge in [0.05, 0.1) is 11.3 Å². The Morgan fingerprint density at radius 3 is 2.56 bits per heavy atom. The maximum Gasteiger partial charge on any atom is 0.253 e. The van der Waals surface area contributed by atoms with E-state index in [1.807, 2.05) is 24.3 Å². The lowest BCUT2D eigenvalue weighted by molar-refractivity contribution is -0.115. The molecule has 2 amide bonds. The molecule has 0 aliphatic carbocycles. The van der Waals surface area contributed by atoms with Crippen LogP contribution in [0.5, 0.6) is 0 Å². The first-order valence-corrected chi connectivity index (χ1v) is 9.13. The number of hydrogen-bond acceptors (Lipinski definition) is 3. The molecule has 0 radical (unpaired) electrons. The summed E-state index contributed by atoms with van der Waals surface area (Å²) >= 11 is 7.43. The van der Waals surface area contributed by atoms with Crippen LogP contribution in [0, 0.1) is 0 Å². The number of thioether (sulfide) groups is 1. The van der Waals surface area contributed by atoms with Crippen LogP contribution in [0.3, 0.4) is 0 Å². The van der Waals surface area contributed by atoms with Crippen molar-refractivity contribution in [3.63, 3.8) is 0 Å². The van der Waals surface area contributed by atoms with Gasteiger partial charge in [-0.25, -0.2) is 0 Å². The first-order chi connectivity index (χ1) is 12.1. The summed E-state index contributed by atoms with van der Waals surface area (Å²) in [5.74, 6) is 0.259. The molecule has 0 saturated carbocycles. The van der Waals surface area contributed by atoms with Crippen molar-refractivity contribution < 1.29 is 9.59 Å². The van der Waals surface area contributed by atoms with Gasteiger partial charge < -0.3 is 10.6 Å². The summed E-state index contributed by atoms with van der Waals surface area (Å²) in [7, 11) is 0. The van der Waals surface area contributed by atoms with Gasteiger partial charge in [-0.05, 0) is 36.4 Å². The zero-order chi connectivity index (χ0) is 18.1. The topological polar surface area (TPSA) is 58.2 Å². The number of carbonyl (C=O) groups excluding carboxylic acids is 2. The third-order valence-corrected chi connectivity index (χ3v) is 4.53. The minimum absolute atomic E-state index is 0.134. The molecule has 2 aromatic carbocycles. The molecule has 4 nitrogen and oxygen atoms in total. The standard InChI is InChI=1S/C19H19ClN2O2S/c1-2-12-21-19(24)16-5-3-4-6-17(16)22-18(23)11-13-25-15-9-7-14(20)8-10-15/h2-10H,1,11-13H2,(H,21,24)(H,22,23). The zero-order valence-corrected chi connectivity index (χ0v) is 15.2. The Labute approximate surface area is 156 Å². The number of carbonyl (C=O) groups is 2. The summed E-state index contributed by atoms with van der Waals surface area (Å²) < 4.78 is 0. The van der Waals surface area contributed by atoms with E-state index in [9.17, 15) is 9.59 Å². The molecule has 0 saturated heterocycles. The summed E-state index contributed by atoms with van der Waals surface area (Å²) in [4.78, 5) is 25.3. The quantitative estimate of drug-likeness (QED) is 0.532. The number of benzene rings is 2. The third kappa shape index (κ3) is 6.29. The number of para-hydroxylation sites is 1. The fraction of sp³-hybridized carbons (Fsp3) is 0.158. The maximum absolute atomic E-state index is 12.2. The van der Waals surface area contributed by atoms with E-state index in [1.54, 1.807) is 42.1 Å². The van der Waals surface area contributed by atoms with Gasteiger partial charge in [0.15, 0.2) is 0 Å². The van der Waals surface area contributed by atoms with Gasteiger partial charge in [0.25, 0.3) is 5.91 Å². The van der Waals surface area contributed by atoms with Gasteiger partial charge in [-0.1, -0.05) is 29.8 Å². The molecular weight excluding hydrogens is 356 g/mol. The average Bonchev–Trinajstić information content (AvgIpc) is 2.62. The Hall–Kier alpha value is -2.24. The molecule has 0 atom stereocenters. The van der Waals surface area contributed by atoms with Crippen LogP contribution in [0.25, 0.3) is 0 Å². The lowest BCUT2D eigenvalue weighted by atomic mass is 10.1. The predicted octanol–water partition coefficient (Wildman–Crippen LogP) is 4.38. The molecule has 0 fully saturated rings. The van der Waals surface area contributed by atoms with Crippen LogP contribution in [0.2, 0.25) is 5.02 Å². The van der Waals surface area contributed by atoms with E-state index in [1.165, 1.54) is 0 Å². The van der Waals surface area contributed by atoms with E-state index < -0.39 is 0 Å². The third-order valence-electron chi connectivity index (χ3n) is 3.26. The molecule has 2 rings (SSSR count). The average molecular weight is 375 g/mol. The summed E-state index contributed by atoms with van der Waals surface area (Å²) in [6.45, 7) is 3.94. The Morgan fingerprint density at radius 2 is 1.84 bits per heavy atom. The Bertz CT molecular complexity index is 747. The van der Waals surface area contributed by atoms with Crippen LogP contribution in [0.15, 0.2) is 66.1 Å². The molecule has 0 bridgehead atoms. The van der Waals surface area contributed by atoms with Crippen LogP contribution in [-0.4, -0.2) is 24.1 Å². The normalized spacial score (nSPS) is 10.1. The number of halogens is 1. The number of amides is 2. The van der Waals surface area contributed by atoms with E-state index in [2.05, 4.69) is 17.2 Å². The molecule has 0 unspecified atom stereocenters. The summed E-state index contributed by atoms with van der Waals surface area (Å²) in [5, 5.41) is 6.20. The number of hydrogen-bond donors (Lipinski definition) is 2. The molecular formula is C19H19ClN2O2S. The lowest BCUT2D eigenvalue weighted by Gasteiger charge is -2.10.